The van der Waals surface area contributed by atoms with E-state index in [4.69, 9.17) is 0 Å². The van der Waals surface area contributed by atoms with Gasteiger partial charge in [-0.2, -0.15) is 0 Å². The molecule has 1 atom stereocenters. The highest BCUT2D eigenvalue weighted by atomic mass is 16.1. The lowest BCUT2D eigenvalue weighted by molar-refractivity contribution is 0.306. The van der Waals surface area contributed by atoms with Crippen LogP contribution in [0.25, 0.3) is 5.57 Å². The third-order valence-corrected chi connectivity index (χ3v) is 5.99. The molecule has 29 heavy (non-hydrogen) atoms. The van der Waals surface area contributed by atoms with Crippen molar-refractivity contribution in [1.82, 2.24) is 19.4 Å². The second-order valence-electron chi connectivity index (χ2n) is 8.11. The topological polar surface area (TPSA) is 54.3 Å². The third-order valence-electron chi connectivity index (χ3n) is 5.99. The lowest BCUT2D eigenvalue weighted by Gasteiger charge is -2.38. The normalized spacial score (nSPS) is 19.8. The molecule has 152 valence electrons. The maximum atomic E-state index is 12.3. The van der Waals surface area contributed by atoms with E-state index in [-0.39, 0.29) is 5.69 Å². The molecule has 1 aliphatic carbocycles. The maximum absolute atomic E-state index is 12.3. The number of aromatic nitrogens is 3. The van der Waals surface area contributed by atoms with E-state index < -0.39 is 0 Å². The number of piperazine rings is 1. The van der Waals surface area contributed by atoms with E-state index in [1.54, 1.807) is 17.0 Å². The lowest BCUT2D eigenvalue weighted by Crippen LogP contribution is -2.46. The molecule has 0 aromatic carbocycles. The van der Waals surface area contributed by atoms with Gasteiger partial charge in [-0.1, -0.05) is 19.6 Å². The summed E-state index contributed by atoms with van der Waals surface area (Å²) in [5, 5.41) is 0. The van der Waals surface area contributed by atoms with Crippen LogP contribution in [-0.2, 0) is 6.54 Å². The Morgan fingerprint density at radius 1 is 1.24 bits per heavy atom. The minimum Gasteiger partial charge on any atom is -0.370 e. The Labute approximate surface area is 172 Å². The Kier molecular flexibility index (Phi) is 5.79. The highest BCUT2D eigenvalue weighted by molar-refractivity contribution is 5.64. The van der Waals surface area contributed by atoms with Gasteiger partial charge in [0.1, 0.15) is 0 Å². The number of hydrogen-bond donors (Lipinski definition) is 0. The molecule has 2 aromatic heterocycles. The Bertz CT molecular complexity index is 941. The molecule has 0 radical (unpaired) electrons. The fourth-order valence-electron chi connectivity index (χ4n) is 4.08. The van der Waals surface area contributed by atoms with Crippen molar-refractivity contribution in [2.24, 2.45) is 5.92 Å². The summed E-state index contributed by atoms with van der Waals surface area (Å²) in [7, 11) is 0. The Balaban J connectivity index is 1.40. The average molecular weight is 392 g/mol. The van der Waals surface area contributed by atoms with Crippen molar-refractivity contribution >= 4 is 11.3 Å². The first-order chi connectivity index (χ1) is 14.1. The van der Waals surface area contributed by atoms with Crippen molar-refractivity contribution < 1.29 is 0 Å². The van der Waals surface area contributed by atoms with E-state index in [0.29, 0.717) is 6.54 Å². The van der Waals surface area contributed by atoms with Crippen LogP contribution in [0.3, 0.4) is 0 Å². The summed E-state index contributed by atoms with van der Waals surface area (Å²) in [6, 6.07) is 4.06. The molecule has 6 heteroatoms. The van der Waals surface area contributed by atoms with Crippen LogP contribution in [-0.4, -0.2) is 45.6 Å². The number of anilines is 1. The van der Waals surface area contributed by atoms with E-state index in [1.165, 1.54) is 12.0 Å². The fraction of sp³-hybridized carbons (Fsp3) is 0.435. The number of nitrogens with zero attached hydrogens (tertiary/aromatic N) is 5. The molecule has 0 N–H and O–H groups in total. The molecule has 0 saturated carbocycles. The first-order valence-corrected chi connectivity index (χ1v) is 10.4. The second-order valence-corrected chi connectivity index (χ2v) is 8.11. The first-order valence-electron chi connectivity index (χ1n) is 10.4. The van der Waals surface area contributed by atoms with Gasteiger partial charge in [-0.05, 0) is 42.9 Å². The van der Waals surface area contributed by atoms with Gasteiger partial charge in [0.25, 0.3) is 0 Å². The molecule has 0 amide bonds. The van der Waals surface area contributed by atoms with Crippen LogP contribution >= 0.6 is 0 Å². The fourth-order valence-corrected chi connectivity index (χ4v) is 4.08. The van der Waals surface area contributed by atoms with Gasteiger partial charge in [-0.3, -0.25) is 9.55 Å². The number of pyridine rings is 1. The van der Waals surface area contributed by atoms with Crippen molar-refractivity contribution in [2.45, 2.75) is 32.7 Å². The number of allylic oxidation sites excluding steroid dienone is 3. The smallest absolute Gasteiger partial charge is 0.347 e. The first kappa shape index (κ1) is 19.4. The molecule has 2 aliphatic rings. The maximum Gasteiger partial charge on any atom is 0.347 e. The van der Waals surface area contributed by atoms with E-state index in [9.17, 15) is 4.79 Å². The van der Waals surface area contributed by atoms with E-state index in [2.05, 4.69) is 45.4 Å². The SMILES string of the molecule is C=C(Cn1cc(C2=CCC(C)CC2)cnc1=O)N1CCN(c2cccnc2)CC1. The monoisotopic (exact) mass is 391 g/mol. The van der Waals surface area contributed by atoms with Crippen LogP contribution in [0.5, 0.6) is 0 Å². The average Bonchev–Trinajstić information content (AvgIpc) is 2.76. The predicted molar refractivity (Wildman–Crippen MR) is 117 cm³/mol. The summed E-state index contributed by atoms with van der Waals surface area (Å²) in [4.78, 5) is 25.2. The van der Waals surface area contributed by atoms with Crippen LogP contribution in [0.1, 0.15) is 31.7 Å². The predicted octanol–water partition coefficient (Wildman–Crippen LogP) is 3.18. The number of hydrogen-bond acceptors (Lipinski definition) is 5. The standard InChI is InChI=1S/C23H29N5O/c1-18-5-7-20(8-6-18)21-14-25-23(29)28(17-21)16-19(2)26-10-12-27(13-11-26)22-4-3-9-24-15-22/h3-4,7,9,14-15,17-18H,2,5-6,8,10-13,16H2,1H3. The molecule has 0 spiro atoms. The summed E-state index contributed by atoms with van der Waals surface area (Å²) in [5.41, 5.74) is 4.27. The van der Waals surface area contributed by atoms with Gasteiger partial charge < -0.3 is 9.80 Å². The molecular formula is C23H29N5O. The summed E-state index contributed by atoms with van der Waals surface area (Å²) >= 11 is 0. The van der Waals surface area contributed by atoms with Crippen LogP contribution < -0.4 is 10.6 Å². The Hall–Kier alpha value is -2.89. The summed E-state index contributed by atoms with van der Waals surface area (Å²) in [6.45, 7) is 10.6. The molecule has 0 bridgehead atoms. The molecular weight excluding hydrogens is 362 g/mol. The number of rotatable bonds is 5. The van der Waals surface area contributed by atoms with Gasteiger partial charge in [0, 0.05) is 56.0 Å². The van der Waals surface area contributed by atoms with Gasteiger partial charge in [0.2, 0.25) is 0 Å². The van der Waals surface area contributed by atoms with Gasteiger partial charge in [-0.15, -0.1) is 0 Å². The summed E-state index contributed by atoms with van der Waals surface area (Å²) in [5.74, 6) is 0.739. The molecule has 1 aliphatic heterocycles. The van der Waals surface area contributed by atoms with Crippen LogP contribution in [0, 0.1) is 5.92 Å². The highest BCUT2D eigenvalue weighted by Crippen LogP contribution is 2.29. The highest BCUT2D eigenvalue weighted by Gasteiger charge is 2.19. The molecule has 1 saturated heterocycles. The van der Waals surface area contributed by atoms with Gasteiger partial charge in [0.15, 0.2) is 0 Å². The van der Waals surface area contributed by atoms with E-state index >= 15 is 0 Å². The van der Waals surface area contributed by atoms with Crippen molar-refractivity contribution in [3.8, 4) is 0 Å². The van der Waals surface area contributed by atoms with Crippen LogP contribution in [0.2, 0.25) is 0 Å². The zero-order chi connectivity index (χ0) is 20.2. The minimum atomic E-state index is -0.214. The second kappa shape index (κ2) is 8.64. The molecule has 3 heterocycles. The zero-order valence-corrected chi connectivity index (χ0v) is 17.1. The van der Waals surface area contributed by atoms with E-state index in [0.717, 1.165) is 61.9 Å². The zero-order valence-electron chi connectivity index (χ0n) is 17.1. The van der Waals surface area contributed by atoms with Crippen molar-refractivity contribution in [2.75, 3.05) is 31.1 Å². The quantitative estimate of drug-likeness (QED) is 0.784. The van der Waals surface area contributed by atoms with Gasteiger partial charge in [-0.25, -0.2) is 9.78 Å². The molecule has 6 nitrogen and oxygen atoms in total. The van der Waals surface area contributed by atoms with Gasteiger partial charge >= 0.3 is 5.69 Å². The van der Waals surface area contributed by atoms with Crippen LogP contribution in [0.15, 0.2) is 60.1 Å². The van der Waals surface area contributed by atoms with Crippen LogP contribution in [0.4, 0.5) is 5.69 Å². The van der Waals surface area contributed by atoms with Gasteiger partial charge in [0.05, 0.1) is 18.4 Å². The molecule has 2 aromatic rings. The summed E-state index contributed by atoms with van der Waals surface area (Å²) < 4.78 is 1.70. The molecule has 1 fully saturated rings. The van der Waals surface area contributed by atoms with E-state index in [1.807, 2.05) is 18.5 Å². The van der Waals surface area contributed by atoms with Crippen molar-refractivity contribution in [3.05, 3.63) is 71.3 Å². The minimum absolute atomic E-state index is 0.214. The molecule has 4 rings (SSSR count). The third kappa shape index (κ3) is 4.58. The largest absolute Gasteiger partial charge is 0.370 e. The van der Waals surface area contributed by atoms with Crippen molar-refractivity contribution in [1.29, 1.82) is 0 Å². The lowest BCUT2D eigenvalue weighted by atomic mass is 9.89. The Morgan fingerprint density at radius 2 is 2.07 bits per heavy atom. The summed E-state index contributed by atoms with van der Waals surface area (Å²) in [6.07, 6.45) is 13.0. The molecule has 1 unspecified atom stereocenters. The Morgan fingerprint density at radius 3 is 2.76 bits per heavy atom. The van der Waals surface area contributed by atoms with Crippen molar-refractivity contribution in [3.63, 3.8) is 0 Å².